The highest BCUT2D eigenvalue weighted by Gasteiger charge is 2.18. The molecule has 1 aromatic carbocycles. The maximum absolute atomic E-state index is 11.5. The van der Waals surface area contributed by atoms with Crippen LogP contribution in [-0.4, -0.2) is 17.8 Å². The number of methoxy groups -OCH3 is 1. The smallest absolute Gasteiger partial charge is 0.336 e. The monoisotopic (exact) mass is 300 g/mol. The van der Waals surface area contributed by atoms with E-state index in [2.05, 4.69) is 0 Å². The third-order valence-corrected chi connectivity index (χ3v) is 3.35. The van der Waals surface area contributed by atoms with Gasteiger partial charge in [-0.2, -0.15) is 0 Å². The average Bonchev–Trinajstić information content (AvgIpc) is 2.91. The van der Waals surface area contributed by atoms with E-state index in [0.717, 1.165) is 10.9 Å². The summed E-state index contributed by atoms with van der Waals surface area (Å²) in [7, 11) is 1.50. The van der Waals surface area contributed by atoms with Crippen LogP contribution in [0.25, 0.3) is 28.0 Å². The van der Waals surface area contributed by atoms with Crippen LogP contribution in [0.5, 0.6) is 5.75 Å². The topological polar surface area (TPSA) is 72.8 Å². The number of hydrogen-bond acceptors (Lipinski definition) is 5. The molecule has 0 aliphatic carbocycles. The van der Waals surface area contributed by atoms with Crippen LogP contribution in [0.3, 0.4) is 0 Å². The molecule has 22 heavy (non-hydrogen) atoms. The summed E-state index contributed by atoms with van der Waals surface area (Å²) in [5.74, 6) is 0.383. The first kappa shape index (κ1) is 14.4. The fourth-order valence-corrected chi connectivity index (χ4v) is 2.40. The second-order valence-corrected chi connectivity index (χ2v) is 5.59. The van der Waals surface area contributed by atoms with Gasteiger partial charge in [0.15, 0.2) is 11.2 Å². The lowest BCUT2D eigenvalue weighted by atomic mass is 10.0. The molecule has 0 amide bonds. The first-order chi connectivity index (χ1) is 10.4. The van der Waals surface area contributed by atoms with E-state index >= 15 is 0 Å². The standard InChI is InChI=1S/C17H16O5/c1-17(2,19)8-6-10-11-4-5-13(18)22-15(11)16(20-3)14-12(10)7-9-21-14/h4-9,19H,1-3H3. The Labute approximate surface area is 126 Å². The van der Waals surface area contributed by atoms with Crippen molar-refractivity contribution in [2.75, 3.05) is 7.11 Å². The summed E-state index contributed by atoms with van der Waals surface area (Å²) in [6.07, 6.45) is 5.01. The lowest BCUT2D eigenvalue weighted by Crippen LogP contribution is -2.13. The quantitative estimate of drug-likeness (QED) is 0.751. The number of hydrogen-bond donors (Lipinski definition) is 1. The molecule has 0 radical (unpaired) electrons. The van der Waals surface area contributed by atoms with Gasteiger partial charge in [-0.3, -0.25) is 0 Å². The van der Waals surface area contributed by atoms with Crippen molar-refractivity contribution in [3.8, 4) is 5.75 Å². The molecule has 0 saturated heterocycles. The lowest BCUT2D eigenvalue weighted by molar-refractivity contribution is 0.134. The van der Waals surface area contributed by atoms with Crippen molar-refractivity contribution in [2.24, 2.45) is 0 Å². The van der Waals surface area contributed by atoms with Crippen molar-refractivity contribution in [2.45, 2.75) is 19.4 Å². The number of aliphatic hydroxyl groups is 1. The third-order valence-electron chi connectivity index (χ3n) is 3.35. The third kappa shape index (κ3) is 2.40. The molecule has 2 heterocycles. The molecule has 0 bridgehead atoms. The van der Waals surface area contributed by atoms with Crippen molar-refractivity contribution in [3.05, 3.63) is 46.5 Å². The molecule has 0 aliphatic heterocycles. The maximum Gasteiger partial charge on any atom is 0.336 e. The molecule has 0 spiro atoms. The molecule has 1 N–H and O–H groups in total. The van der Waals surface area contributed by atoms with Gasteiger partial charge in [0, 0.05) is 16.8 Å². The molecule has 2 aromatic heterocycles. The second kappa shape index (κ2) is 5.03. The molecule has 0 unspecified atom stereocenters. The van der Waals surface area contributed by atoms with Crippen molar-refractivity contribution in [3.63, 3.8) is 0 Å². The summed E-state index contributed by atoms with van der Waals surface area (Å²) in [4.78, 5) is 11.5. The van der Waals surface area contributed by atoms with E-state index in [4.69, 9.17) is 13.6 Å². The van der Waals surface area contributed by atoms with Crippen LogP contribution in [0.1, 0.15) is 19.4 Å². The maximum atomic E-state index is 11.5. The molecule has 0 fully saturated rings. The van der Waals surface area contributed by atoms with Gasteiger partial charge in [0.1, 0.15) is 0 Å². The van der Waals surface area contributed by atoms with Gasteiger partial charge in [0.05, 0.1) is 19.0 Å². The highest BCUT2D eigenvalue weighted by Crippen LogP contribution is 2.38. The van der Waals surface area contributed by atoms with Gasteiger partial charge in [0.2, 0.25) is 5.75 Å². The van der Waals surface area contributed by atoms with Gasteiger partial charge in [-0.1, -0.05) is 12.2 Å². The minimum absolute atomic E-state index is 0.327. The summed E-state index contributed by atoms with van der Waals surface area (Å²) < 4.78 is 16.1. The summed E-state index contributed by atoms with van der Waals surface area (Å²) in [6.45, 7) is 3.36. The largest absolute Gasteiger partial charge is 0.490 e. The SMILES string of the molecule is COc1c2occc2c(C=CC(C)(C)O)c2ccc(=O)oc12. The normalized spacial score (nSPS) is 12.5. The molecule has 5 nitrogen and oxygen atoms in total. The number of furan rings is 1. The van der Waals surface area contributed by atoms with Crippen molar-refractivity contribution in [1.82, 2.24) is 0 Å². The Balaban J connectivity index is 2.45. The van der Waals surface area contributed by atoms with E-state index in [-0.39, 0.29) is 0 Å². The van der Waals surface area contributed by atoms with E-state index in [9.17, 15) is 9.90 Å². The summed E-state index contributed by atoms with van der Waals surface area (Å²) in [6, 6.07) is 4.85. The Morgan fingerprint density at radius 3 is 2.59 bits per heavy atom. The summed E-state index contributed by atoms with van der Waals surface area (Å²) in [5, 5.41) is 11.4. The van der Waals surface area contributed by atoms with Gasteiger partial charge in [0.25, 0.3) is 0 Å². The van der Waals surface area contributed by atoms with Crippen molar-refractivity contribution >= 4 is 28.0 Å². The summed E-state index contributed by atoms with van der Waals surface area (Å²) >= 11 is 0. The molecule has 3 aromatic rings. The predicted octanol–water partition coefficient (Wildman–Crippen LogP) is 3.33. The number of ether oxygens (including phenoxy) is 1. The Morgan fingerprint density at radius 1 is 1.18 bits per heavy atom. The van der Waals surface area contributed by atoms with Crippen LogP contribution in [0.2, 0.25) is 0 Å². The molecular weight excluding hydrogens is 284 g/mol. The zero-order valence-corrected chi connectivity index (χ0v) is 12.5. The minimum Gasteiger partial charge on any atom is -0.490 e. The zero-order valence-electron chi connectivity index (χ0n) is 12.5. The lowest BCUT2D eigenvalue weighted by Gasteiger charge is -2.12. The van der Waals surface area contributed by atoms with Crippen LogP contribution in [-0.2, 0) is 0 Å². The van der Waals surface area contributed by atoms with E-state index < -0.39 is 11.2 Å². The van der Waals surface area contributed by atoms with Crippen LogP contribution in [0, 0.1) is 0 Å². The van der Waals surface area contributed by atoms with Gasteiger partial charge >= 0.3 is 5.63 Å². The van der Waals surface area contributed by atoms with Crippen LogP contribution in [0.15, 0.2) is 44.2 Å². The highest BCUT2D eigenvalue weighted by molar-refractivity contribution is 6.07. The fourth-order valence-electron chi connectivity index (χ4n) is 2.40. The van der Waals surface area contributed by atoms with Crippen LogP contribution in [0.4, 0.5) is 0 Å². The van der Waals surface area contributed by atoms with Crippen molar-refractivity contribution in [1.29, 1.82) is 0 Å². The Morgan fingerprint density at radius 2 is 1.91 bits per heavy atom. The van der Waals surface area contributed by atoms with E-state index in [1.807, 2.05) is 6.07 Å². The minimum atomic E-state index is -0.960. The van der Waals surface area contributed by atoms with Gasteiger partial charge in [-0.25, -0.2) is 4.79 Å². The predicted molar refractivity (Wildman–Crippen MR) is 84.1 cm³/mol. The van der Waals surface area contributed by atoms with Gasteiger partial charge in [-0.15, -0.1) is 0 Å². The molecular formula is C17H16O5. The van der Waals surface area contributed by atoms with Crippen LogP contribution >= 0.6 is 0 Å². The number of rotatable bonds is 3. The van der Waals surface area contributed by atoms with Gasteiger partial charge in [-0.05, 0) is 31.5 Å². The average molecular weight is 300 g/mol. The first-order valence-electron chi connectivity index (χ1n) is 6.83. The second-order valence-electron chi connectivity index (χ2n) is 5.59. The Kier molecular flexibility index (Phi) is 3.30. The first-order valence-corrected chi connectivity index (χ1v) is 6.83. The van der Waals surface area contributed by atoms with Crippen molar-refractivity contribution < 1.29 is 18.7 Å². The zero-order chi connectivity index (χ0) is 15.9. The summed E-state index contributed by atoms with van der Waals surface area (Å²) in [5.41, 5.74) is 0.199. The van der Waals surface area contributed by atoms with Crippen LogP contribution < -0.4 is 10.4 Å². The Hall–Kier alpha value is -2.53. The fraction of sp³-hybridized carbons (Fsp3) is 0.235. The molecule has 0 aliphatic rings. The molecule has 0 saturated carbocycles. The van der Waals surface area contributed by atoms with E-state index in [1.165, 1.54) is 13.2 Å². The molecule has 0 atom stereocenters. The van der Waals surface area contributed by atoms with E-state index in [0.29, 0.717) is 22.3 Å². The Bertz CT molecular complexity index is 922. The van der Waals surface area contributed by atoms with Gasteiger partial charge < -0.3 is 18.7 Å². The molecule has 3 rings (SSSR count). The highest BCUT2D eigenvalue weighted by atomic mass is 16.5. The number of benzene rings is 1. The molecule has 114 valence electrons. The number of fused-ring (bicyclic) bond motifs is 2. The van der Waals surface area contributed by atoms with E-state index in [1.54, 1.807) is 38.3 Å². The molecule has 5 heteroatoms.